The Bertz CT molecular complexity index is 667. The predicted molar refractivity (Wildman–Crippen MR) is 87.9 cm³/mol. The molecule has 2 unspecified atom stereocenters. The highest BCUT2D eigenvalue weighted by atomic mass is 16.6. The third-order valence-electron chi connectivity index (χ3n) is 3.80. The second-order valence-corrected chi connectivity index (χ2v) is 7.21. The van der Waals surface area contributed by atoms with Crippen LogP contribution in [0.3, 0.4) is 0 Å². The molecule has 0 spiro atoms. The molecule has 0 aliphatic carbocycles. The number of quaternary nitrogens is 1. The Balaban J connectivity index is 2.07. The Labute approximate surface area is 132 Å². The van der Waals surface area contributed by atoms with E-state index >= 15 is 0 Å². The quantitative estimate of drug-likeness (QED) is 0.625. The number of esters is 1. The lowest BCUT2D eigenvalue weighted by atomic mass is 10.1. The van der Waals surface area contributed by atoms with Crippen molar-refractivity contribution in [1.82, 2.24) is 0 Å². The van der Waals surface area contributed by atoms with Crippen LogP contribution in [0.1, 0.15) is 30.0 Å². The van der Waals surface area contributed by atoms with Crippen LogP contribution < -0.4 is 0 Å². The molecule has 0 fully saturated rings. The largest absolute Gasteiger partial charge is 0.456 e. The van der Waals surface area contributed by atoms with Crippen LogP contribution in [0.4, 0.5) is 0 Å². The summed E-state index contributed by atoms with van der Waals surface area (Å²) >= 11 is 0. The van der Waals surface area contributed by atoms with Crippen LogP contribution in [0, 0.1) is 12.8 Å². The van der Waals surface area contributed by atoms with Crippen molar-refractivity contribution in [2.75, 3.05) is 27.7 Å². The average Bonchev–Trinajstić information content (AvgIpc) is 2.79. The molecule has 0 N–H and O–H groups in total. The van der Waals surface area contributed by atoms with E-state index in [0.717, 1.165) is 22.0 Å². The van der Waals surface area contributed by atoms with Gasteiger partial charge < -0.3 is 13.6 Å². The highest BCUT2D eigenvalue weighted by Crippen LogP contribution is 2.22. The molecule has 0 aliphatic rings. The molecule has 2 aromatic rings. The third kappa shape index (κ3) is 4.10. The van der Waals surface area contributed by atoms with E-state index in [-0.39, 0.29) is 17.8 Å². The fraction of sp³-hybridized carbons (Fsp3) is 0.500. The molecule has 2 rings (SSSR count). The standard InChI is InChI=1S/C18H26NO3/c1-12-7-8-16-15(9-12)10-17(22-16)18(20)21-14(3)13(2)11-19(4,5)6/h7-10,13-14H,11H2,1-6H3/q+1. The fourth-order valence-corrected chi connectivity index (χ4v) is 2.62. The van der Waals surface area contributed by atoms with Crippen LogP contribution in [0.2, 0.25) is 0 Å². The fourth-order valence-electron chi connectivity index (χ4n) is 2.62. The van der Waals surface area contributed by atoms with E-state index in [0.29, 0.717) is 5.58 Å². The summed E-state index contributed by atoms with van der Waals surface area (Å²) in [7, 11) is 6.39. The molecular weight excluding hydrogens is 278 g/mol. The minimum atomic E-state index is -0.394. The maximum atomic E-state index is 12.3. The van der Waals surface area contributed by atoms with Crippen molar-refractivity contribution < 1.29 is 18.4 Å². The van der Waals surface area contributed by atoms with Crippen LogP contribution in [0.15, 0.2) is 28.7 Å². The molecule has 0 aliphatic heterocycles. The van der Waals surface area contributed by atoms with Gasteiger partial charge in [0, 0.05) is 11.3 Å². The van der Waals surface area contributed by atoms with Crippen molar-refractivity contribution >= 4 is 16.9 Å². The number of rotatable bonds is 5. The van der Waals surface area contributed by atoms with Gasteiger partial charge in [0.1, 0.15) is 11.7 Å². The molecule has 4 heteroatoms. The lowest BCUT2D eigenvalue weighted by Gasteiger charge is -2.30. The summed E-state index contributed by atoms with van der Waals surface area (Å²) in [5, 5.41) is 0.930. The SMILES string of the molecule is Cc1ccc2oc(C(=O)OC(C)C(C)C[N+](C)(C)C)cc2c1. The molecule has 4 nitrogen and oxygen atoms in total. The summed E-state index contributed by atoms with van der Waals surface area (Å²) in [6.45, 7) is 6.99. The first-order valence-corrected chi connectivity index (χ1v) is 7.67. The lowest BCUT2D eigenvalue weighted by molar-refractivity contribution is -0.874. The molecule has 22 heavy (non-hydrogen) atoms. The number of hydrogen-bond acceptors (Lipinski definition) is 3. The van der Waals surface area contributed by atoms with Gasteiger partial charge in [-0.3, -0.25) is 0 Å². The van der Waals surface area contributed by atoms with Crippen molar-refractivity contribution in [2.45, 2.75) is 26.9 Å². The molecule has 0 saturated carbocycles. The van der Waals surface area contributed by atoms with Crippen molar-refractivity contribution in [1.29, 1.82) is 0 Å². The van der Waals surface area contributed by atoms with Crippen LogP contribution in [0.5, 0.6) is 0 Å². The number of hydrogen-bond donors (Lipinski definition) is 0. The smallest absolute Gasteiger partial charge is 0.374 e. The average molecular weight is 304 g/mol. The zero-order valence-electron chi connectivity index (χ0n) is 14.3. The molecule has 2 atom stereocenters. The van der Waals surface area contributed by atoms with Crippen LogP contribution in [-0.4, -0.2) is 44.2 Å². The molecule has 1 aromatic carbocycles. The maximum Gasteiger partial charge on any atom is 0.374 e. The third-order valence-corrected chi connectivity index (χ3v) is 3.80. The maximum absolute atomic E-state index is 12.3. The van der Waals surface area contributed by atoms with Gasteiger partial charge in [-0.2, -0.15) is 0 Å². The van der Waals surface area contributed by atoms with E-state index in [1.165, 1.54) is 0 Å². The van der Waals surface area contributed by atoms with Gasteiger partial charge in [-0.15, -0.1) is 0 Å². The van der Waals surface area contributed by atoms with E-state index < -0.39 is 5.97 Å². The van der Waals surface area contributed by atoms with Crippen molar-refractivity contribution in [3.05, 3.63) is 35.6 Å². The van der Waals surface area contributed by atoms with E-state index in [9.17, 15) is 4.79 Å². The van der Waals surface area contributed by atoms with Gasteiger partial charge in [0.2, 0.25) is 5.76 Å². The predicted octanol–water partition coefficient (Wildman–Crippen LogP) is 3.63. The highest BCUT2D eigenvalue weighted by molar-refractivity contribution is 5.92. The Morgan fingerprint density at radius 2 is 1.91 bits per heavy atom. The molecule has 0 radical (unpaired) electrons. The van der Waals surface area contributed by atoms with Gasteiger partial charge in [0.25, 0.3) is 0 Å². The van der Waals surface area contributed by atoms with E-state index in [4.69, 9.17) is 9.15 Å². The van der Waals surface area contributed by atoms with E-state index in [2.05, 4.69) is 28.1 Å². The molecular formula is C18H26NO3+. The molecule has 0 amide bonds. The number of aryl methyl sites for hydroxylation is 1. The number of carbonyl (C=O) groups is 1. The monoisotopic (exact) mass is 304 g/mol. The zero-order chi connectivity index (χ0) is 16.5. The summed E-state index contributed by atoms with van der Waals surface area (Å²) in [4.78, 5) is 12.3. The lowest BCUT2D eigenvalue weighted by Crippen LogP contribution is -2.42. The van der Waals surface area contributed by atoms with Crippen molar-refractivity contribution in [3.8, 4) is 0 Å². The number of carbonyl (C=O) groups excluding carboxylic acids is 1. The van der Waals surface area contributed by atoms with Crippen molar-refractivity contribution in [2.24, 2.45) is 5.92 Å². The van der Waals surface area contributed by atoms with Gasteiger partial charge in [-0.25, -0.2) is 4.79 Å². The number of nitrogens with zero attached hydrogens (tertiary/aromatic N) is 1. The minimum absolute atomic E-state index is 0.153. The van der Waals surface area contributed by atoms with Crippen LogP contribution >= 0.6 is 0 Å². The normalized spacial score (nSPS) is 14.8. The number of furan rings is 1. The Kier molecular flexibility index (Phi) is 4.61. The Morgan fingerprint density at radius 3 is 2.55 bits per heavy atom. The highest BCUT2D eigenvalue weighted by Gasteiger charge is 2.24. The van der Waals surface area contributed by atoms with Crippen LogP contribution in [0.25, 0.3) is 11.0 Å². The molecule has 120 valence electrons. The number of benzene rings is 1. The second kappa shape index (κ2) is 6.13. The van der Waals surface area contributed by atoms with Crippen molar-refractivity contribution in [3.63, 3.8) is 0 Å². The van der Waals surface area contributed by atoms with Crippen LogP contribution in [-0.2, 0) is 4.74 Å². The number of ether oxygens (including phenoxy) is 1. The first-order valence-electron chi connectivity index (χ1n) is 7.67. The first kappa shape index (κ1) is 16.6. The minimum Gasteiger partial charge on any atom is -0.456 e. The zero-order valence-corrected chi connectivity index (χ0v) is 14.3. The summed E-state index contributed by atoms with van der Waals surface area (Å²) in [5.41, 5.74) is 1.85. The van der Waals surface area contributed by atoms with Gasteiger partial charge in [-0.1, -0.05) is 18.6 Å². The van der Waals surface area contributed by atoms with Gasteiger partial charge in [0.05, 0.1) is 27.7 Å². The summed E-state index contributed by atoms with van der Waals surface area (Å²) in [6, 6.07) is 7.60. The van der Waals surface area contributed by atoms with E-state index in [1.807, 2.05) is 32.0 Å². The Morgan fingerprint density at radius 1 is 1.23 bits per heavy atom. The molecule has 0 bridgehead atoms. The number of fused-ring (bicyclic) bond motifs is 1. The van der Waals surface area contributed by atoms with Gasteiger partial charge in [-0.05, 0) is 32.0 Å². The molecule has 0 saturated heterocycles. The summed E-state index contributed by atoms with van der Waals surface area (Å²) in [5.74, 6) is 0.148. The van der Waals surface area contributed by atoms with E-state index in [1.54, 1.807) is 6.07 Å². The van der Waals surface area contributed by atoms with Gasteiger partial charge in [0.15, 0.2) is 0 Å². The Hall–Kier alpha value is -1.81. The topological polar surface area (TPSA) is 39.4 Å². The van der Waals surface area contributed by atoms with Gasteiger partial charge >= 0.3 is 5.97 Å². The molecule has 1 aromatic heterocycles. The summed E-state index contributed by atoms with van der Waals surface area (Å²) < 4.78 is 12.0. The molecule has 1 heterocycles. The first-order chi connectivity index (χ1) is 10.2. The summed E-state index contributed by atoms with van der Waals surface area (Å²) in [6.07, 6.45) is -0.153. The second-order valence-electron chi connectivity index (χ2n) is 7.21.